The van der Waals surface area contributed by atoms with Gasteiger partial charge in [-0.2, -0.15) is 0 Å². The maximum atomic E-state index is 11.5. The van der Waals surface area contributed by atoms with E-state index in [4.69, 9.17) is 9.15 Å². The average molecular weight is 238 g/mol. The van der Waals surface area contributed by atoms with Gasteiger partial charge in [0.05, 0.1) is 18.8 Å². The summed E-state index contributed by atoms with van der Waals surface area (Å²) in [5.74, 6) is 0.917. The van der Waals surface area contributed by atoms with Crippen LogP contribution in [0.25, 0.3) is 5.57 Å². The molecule has 4 heteroatoms. The van der Waals surface area contributed by atoms with E-state index in [1.54, 1.807) is 26.0 Å². The molecule has 0 amide bonds. The Kier molecular flexibility index (Phi) is 4.52. The number of allylic oxidation sites excluding steroid dienone is 1. The molecule has 17 heavy (non-hydrogen) atoms. The van der Waals surface area contributed by atoms with Gasteiger partial charge in [0.2, 0.25) is 0 Å². The number of aliphatic hydroxyl groups excluding tert-OH is 1. The molecule has 0 aliphatic carbocycles. The minimum atomic E-state index is -0.535. The fourth-order valence-electron chi connectivity index (χ4n) is 1.43. The summed E-state index contributed by atoms with van der Waals surface area (Å²) in [6.45, 7) is 5.31. The molecule has 1 unspecified atom stereocenters. The highest BCUT2D eigenvalue weighted by atomic mass is 16.5. The van der Waals surface area contributed by atoms with E-state index >= 15 is 0 Å². The second-order valence-corrected chi connectivity index (χ2v) is 3.92. The molecule has 0 saturated heterocycles. The van der Waals surface area contributed by atoms with E-state index in [2.05, 4.69) is 0 Å². The Bertz CT molecular complexity index is 471. The topological polar surface area (TPSA) is 59.7 Å². The Labute approximate surface area is 101 Å². The van der Waals surface area contributed by atoms with E-state index in [1.165, 1.54) is 7.11 Å². The molecule has 4 nitrogen and oxygen atoms in total. The molecular formula is C13H18O4. The molecule has 1 rings (SSSR count). The number of hydrogen-bond donors (Lipinski definition) is 1. The van der Waals surface area contributed by atoms with Gasteiger partial charge in [-0.3, -0.25) is 0 Å². The first-order chi connectivity index (χ1) is 7.99. The van der Waals surface area contributed by atoms with E-state index in [-0.39, 0.29) is 0 Å². The molecule has 1 aromatic rings. The molecule has 0 fully saturated rings. The van der Waals surface area contributed by atoms with Crippen molar-refractivity contribution in [1.29, 1.82) is 0 Å². The summed E-state index contributed by atoms with van der Waals surface area (Å²) < 4.78 is 10.2. The van der Waals surface area contributed by atoms with E-state index in [0.29, 0.717) is 23.5 Å². The zero-order valence-electron chi connectivity index (χ0n) is 10.6. The van der Waals surface area contributed by atoms with Gasteiger partial charge in [0, 0.05) is 6.07 Å². The number of aliphatic hydroxyl groups is 1. The number of rotatable bonds is 4. The first-order valence-electron chi connectivity index (χ1n) is 5.55. The van der Waals surface area contributed by atoms with Crippen molar-refractivity contribution in [1.82, 2.24) is 0 Å². The van der Waals surface area contributed by atoms with Crippen LogP contribution < -0.4 is 10.4 Å². The van der Waals surface area contributed by atoms with E-state index in [0.717, 1.165) is 5.57 Å². The third kappa shape index (κ3) is 3.20. The maximum Gasteiger partial charge on any atom is 0.342 e. The van der Waals surface area contributed by atoms with E-state index in [1.807, 2.05) is 6.92 Å². The molecule has 0 bridgehead atoms. The van der Waals surface area contributed by atoms with Crippen LogP contribution in [0.3, 0.4) is 0 Å². The summed E-state index contributed by atoms with van der Waals surface area (Å²) in [6.07, 6.45) is 1.74. The fraction of sp³-hybridized carbons (Fsp3) is 0.462. The lowest BCUT2D eigenvalue weighted by atomic mass is 10.1. The summed E-state index contributed by atoms with van der Waals surface area (Å²) in [7, 11) is 1.51. The van der Waals surface area contributed by atoms with Crippen LogP contribution in [0.15, 0.2) is 21.4 Å². The molecule has 1 aromatic heterocycles. The molecule has 1 atom stereocenters. The average Bonchev–Trinajstić information content (AvgIpc) is 2.32. The third-order valence-electron chi connectivity index (χ3n) is 2.61. The summed E-state index contributed by atoms with van der Waals surface area (Å²) in [4.78, 5) is 11.5. The Balaban J connectivity index is 3.20. The van der Waals surface area contributed by atoms with Crippen LogP contribution >= 0.6 is 0 Å². The zero-order valence-corrected chi connectivity index (χ0v) is 10.6. The van der Waals surface area contributed by atoms with Crippen LogP contribution in [0.5, 0.6) is 5.75 Å². The summed E-state index contributed by atoms with van der Waals surface area (Å²) in [5.41, 5.74) is 0.743. The first-order valence-corrected chi connectivity index (χ1v) is 5.55. The SMILES string of the molecule is CCC(O)C=C(C)c1cc(OC)c(C)c(=O)o1. The van der Waals surface area contributed by atoms with Crippen molar-refractivity contribution >= 4 is 5.57 Å². The number of hydrogen-bond acceptors (Lipinski definition) is 4. The smallest absolute Gasteiger partial charge is 0.342 e. The van der Waals surface area contributed by atoms with Crippen LogP contribution in [-0.4, -0.2) is 18.3 Å². The second kappa shape index (κ2) is 5.68. The standard InChI is InChI=1S/C13H18O4/c1-5-10(14)6-8(2)11-7-12(16-4)9(3)13(15)17-11/h6-7,10,14H,5H2,1-4H3. The van der Waals surface area contributed by atoms with Gasteiger partial charge in [-0.05, 0) is 31.9 Å². The Morgan fingerprint density at radius 2 is 2.29 bits per heavy atom. The van der Waals surface area contributed by atoms with Crippen molar-refractivity contribution < 1.29 is 14.3 Å². The molecule has 1 N–H and O–H groups in total. The van der Waals surface area contributed by atoms with Gasteiger partial charge >= 0.3 is 5.63 Å². The largest absolute Gasteiger partial charge is 0.496 e. The number of ether oxygens (including phenoxy) is 1. The molecule has 0 saturated carbocycles. The van der Waals surface area contributed by atoms with Crippen LogP contribution in [0.1, 0.15) is 31.6 Å². The van der Waals surface area contributed by atoms with Gasteiger partial charge < -0.3 is 14.3 Å². The minimum Gasteiger partial charge on any atom is -0.496 e. The summed E-state index contributed by atoms with van der Waals surface area (Å²) in [5, 5.41) is 9.51. The quantitative estimate of drug-likeness (QED) is 0.873. The highest BCUT2D eigenvalue weighted by Gasteiger charge is 2.10. The first kappa shape index (κ1) is 13.5. The molecule has 0 aromatic carbocycles. The van der Waals surface area contributed by atoms with Crippen LogP contribution in [0.2, 0.25) is 0 Å². The van der Waals surface area contributed by atoms with Gasteiger partial charge in [-0.1, -0.05) is 6.92 Å². The maximum absolute atomic E-state index is 11.5. The van der Waals surface area contributed by atoms with Gasteiger partial charge in [0.15, 0.2) is 0 Å². The van der Waals surface area contributed by atoms with Crippen LogP contribution in [0, 0.1) is 6.92 Å². The molecule has 0 radical (unpaired) electrons. The molecular weight excluding hydrogens is 220 g/mol. The van der Waals surface area contributed by atoms with Gasteiger partial charge in [-0.15, -0.1) is 0 Å². The van der Waals surface area contributed by atoms with Crippen molar-refractivity contribution in [2.45, 2.75) is 33.3 Å². The second-order valence-electron chi connectivity index (χ2n) is 3.92. The van der Waals surface area contributed by atoms with Gasteiger partial charge in [0.1, 0.15) is 11.5 Å². The summed E-state index contributed by atoms with van der Waals surface area (Å²) in [6, 6.07) is 1.66. The molecule has 1 heterocycles. The lowest BCUT2D eigenvalue weighted by Crippen LogP contribution is -2.07. The highest BCUT2D eigenvalue weighted by molar-refractivity contribution is 5.61. The third-order valence-corrected chi connectivity index (χ3v) is 2.61. The van der Waals surface area contributed by atoms with Crippen molar-refractivity contribution in [3.63, 3.8) is 0 Å². The Morgan fingerprint density at radius 3 is 2.82 bits per heavy atom. The lowest BCUT2D eigenvalue weighted by molar-refractivity contribution is 0.219. The lowest BCUT2D eigenvalue weighted by Gasteiger charge is -2.07. The van der Waals surface area contributed by atoms with Crippen molar-refractivity contribution in [2.75, 3.05) is 7.11 Å². The monoisotopic (exact) mass is 238 g/mol. The Morgan fingerprint density at radius 1 is 1.65 bits per heavy atom. The predicted octanol–water partition coefficient (Wildman–Crippen LogP) is 2.13. The van der Waals surface area contributed by atoms with Crippen LogP contribution in [-0.2, 0) is 0 Å². The zero-order chi connectivity index (χ0) is 13.0. The highest BCUT2D eigenvalue weighted by Crippen LogP contribution is 2.21. The normalized spacial score (nSPS) is 13.6. The predicted molar refractivity (Wildman–Crippen MR) is 66.2 cm³/mol. The van der Waals surface area contributed by atoms with Crippen molar-refractivity contribution in [3.8, 4) is 5.75 Å². The molecule has 0 aliphatic rings. The van der Waals surface area contributed by atoms with Crippen molar-refractivity contribution in [3.05, 3.63) is 33.9 Å². The van der Waals surface area contributed by atoms with Crippen molar-refractivity contribution in [2.24, 2.45) is 0 Å². The fourth-order valence-corrected chi connectivity index (χ4v) is 1.43. The minimum absolute atomic E-state index is 0.418. The van der Waals surface area contributed by atoms with Gasteiger partial charge in [-0.25, -0.2) is 4.79 Å². The summed E-state index contributed by atoms with van der Waals surface area (Å²) >= 11 is 0. The Hall–Kier alpha value is -1.55. The molecule has 94 valence electrons. The number of methoxy groups -OCH3 is 1. The van der Waals surface area contributed by atoms with E-state index in [9.17, 15) is 9.90 Å². The molecule has 0 aliphatic heterocycles. The van der Waals surface area contributed by atoms with E-state index < -0.39 is 11.7 Å². The molecule has 0 spiro atoms. The van der Waals surface area contributed by atoms with Gasteiger partial charge in [0.25, 0.3) is 0 Å². The van der Waals surface area contributed by atoms with Crippen LogP contribution in [0.4, 0.5) is 0 Å².